The summed E-state index contributed by atoms with van der Waals surface area (Å²) in [4.78, 5) is 47.9. The minimum atomic E-state index is -0.844. The summed E-state index contributed by atoms with van der Waals surface area (Å²) in [6.45, 7) is -0.184. The Hall–Kier alpha value is -3.27. The Labute approximate surface area is 178 Å². The summed E-state index contributed by atoms with van der Waals surface area (Å²) in [5.74, 6) is -1.36. The van der Waals surface area contributed by atoms with Crippen LogP contribution < -0.4 is 22.7 Å². The second-order valence-electron chi connectivity index (χ2n) is 7.88. The Kier molecular flexibility index (Phi) is 7.01. The van der Waals surface area contributed by atoms with E-state index in [0.717, 1.165) is 54.0 Å². The number of aliphatic hydroxyl groups is 1. The molecule has 2 aromatic rings. The van der Waals surface area contributed by atoms with Crippen molar-refractivity contribution in [2.45, 2.75) is 57.6 Å². The van der Waals surface area contributed by atoms with Gasteiger partial charge >= 0.3 is 5.69 Å². The van der Waals surface area contributed by atoms with Crippen molar-refractivity contribution < 1.29 is 14.7 Å². The normalized spacial score (nSPS) is 15.9. The van der Waals surface area contributed by atoms with Gasteiger partial charge in [-0.25, -0.2) is 4.79 Å². The smallest absolute Gasteiger partial charge is 0.352 e. The van der Waals surface area contributed by atoms with E-state index in [4.69, 9.17) is 11.5 Å². The molecule has 1 fully saturated rings. The molecule has 10 heteroatoms. The lowest BCUT2D eigenvalue weighted by molar-refractivity contribution is -0.118. The van der Waals surface area contributed by atoms with Gasteiger partial charge in [-0.3, -0.25) is 19.0 Å². The van der Waals surface area contributed by atoms with E-state index >= 15 is 0 Å². The molecule has 10 nitrogen and oxygen atoms in total. The number of aromatic nitrogens is 3. The van der Waals surface area contributed by atoms with Crippen LogP contribution in [0.4, 0.5) is 0 Å². The molecule has 166 valence electrons. The zero-order valence-electron chi connectivity index (χ0n) is 17.2. The zero-order valence-corrected chi connectivity index (χ0v) is 17.2. The average molecular weight is 429 g/mol. The van der Waals surface area contributed by atoms with Crippen molar-refractivity contribution in [2.24, 2.45) is 17.4 Å². The molecule has 5 N–H and O–H groups in total. The van der Waals surface area contributed by atoms with Gasteiger partial charge in [0.25, 0.3) is 5.56 Å². The molecule has 1 aliphatic carbocycles. The van der Waals surface area contributed by atoms with Crippen LogP contribution in [-0.2, 0) is 11.3 Å². The summed E-state index contributed by atoms with van der Waals surface area (Å²) in [6, 6.07) is 4.49. The SMILES string of the molecule is NC(=O)CCn1c(=O)cnn(-c2ccc(C(O)C3CCCCCC3)c(C(N)=O)c2)c1=O. The number of amides is 2. The highest BCUT2D eigenvalue weighted by atomic mass is 16.3. The van der Waals surface area contributed by atoms with Gasteiger partial charge in [0.05, 0.1) is 11.8 Å². The van der Waals surface area contributed by atoms with Gasteiger partial charge in [-0.1, -0.05) is 31.7 Å². The molecule has 0 spiro atoms. The van der Waals surface area contributed by atoms with E-state index in [0.29, 0.717) is 5.56 Å². The van der Waals surface area contributed by atoms with Crippen LogP contribution in [0, 0.1) is 5.92 Å². The van der Waals surface area contributed by atoms with Crippen molar-refractivity contribution in [3.63, 3.8) is 0 Å². The van der Waals surface area contributed by atoms with E-state index in [9.17, 15) is 24.3 Å². The molecule has 0 saturated heterocycles. The molecule has 1 unspecified atom stereocenters. The molecule has 0 radical (unpaired) electrons. The first-order valence-electron chi connectivity index (χ1n) is 10.4. The topological polar surface area (TPSA) is 163 Å². The number of aliphatic hydroxyl groups excluding tert-OH is 1. The Morgan fingerprint density at radius 2 is 1.81 bits per heavy atom. The van der Waals surface area contributed by atoms with Crippen LogP contribution in [-0.4, -0.2) is 31.3 Å². The number of nitrogens with two attached hydrogens (primary N) is 2. The third-order valence-electron chi connectivity index (χ3n) is 5.76. The van der Waals surface area contributed by atoms with E-state index in [1.54, 1.807) is 12.1 Å². The first-order valence-corrected chi connectivity index (χ1v) is 10.4. The molecular weight excluding hydrogens is 402 g/mol. The van der Waals surface area contributed by atoms with Gasteiger partial charge in [0, 0.05) is 18.5 Å². The number of carbonyl (C=O) groups excluding carboxylic acids is 2. The summed E-state index contributed by atoms with van der Waals surface area (Å²) < 4.78 is 1.78. The highest BCUT2D eigenvalue weighted by Gasteiger charge is 2.26. The van der Waals surface area contributed by atoms with Crippen molar-refractivity contribution in [2.75, 3.05) is 0 Å². The molecule has 31 heavy (non-hydrogen) atoms. The highest BCUT2D eigenvalue weighted by molar-refractivity contribution is 5.95. The lowest BCUT2D eigenvalue weighted by Gasteiger charge is -2.23. The maximum absolute atomic E-state index is 12.7. The van der Waals surface area contributed by atoms with E-state index in [1.807, 2.05) is 0 Å². The number of hydrogen-bond donors (Lipinski definition) is 3. The standard InChI is InChI=1S/C21H27N5O5/c22-17(27)9-10-25-18(28)12-24-26(21(25)31)14-7-8-15(16(11-14)20(23)30)19(29)13-5-3-1-2-4-6-13/h7-8,11-13,19,29H,1-6,9-10H2,(H2,22,27)(H2,23,30). The first-order chi connectivity index (χ1) is 14.8. The number of hydrogen-bond acceptors (Lipinski definition) is 6. The molecule has 1 saturated carbocycles. The Morgan fingerprint density at radius 3 is 2.42 bits per heavy atom. The summed E-state index contributed by atoms with van der Waals surface area (Å²) in [6.07, 6.45) is 5.97. The number of primary amides is 2. The van der Waals surface area contributed by atoms with Crippen LogP contribution in [0.25, 0.3) is 5.69 Å². The third-order valence-corrected chi connectivity index (χ3v) is 5.76. The van der Waals surface area contributed by atoms with E-state index in [1.165, 1.54) is 6.07 Å². The van der Waals surface area contributed by atoms with Crippen LogP contribution in [0.15, 0.2) is 34.0 Å². The molecule has 1 atom stereocenters. The van der Waals surface area contributed by atoms with Crippen LogP contribution in [0.3, 0.4) is 0 Å². The second-order valence-corrected chi connectivity index (χ2v) is 7.88. The predicted octanol–water partition coefficient (Wildman–Crippen LogP) is 0.372. The maximum atomic E-state index is 12.7. The number of benzene rings is 1. The maximum Gasteiger partial charge on any atom is 0.352 e. The molecule has 1 aromatic heterocycles. The highest BCUT2D eigenvalue weighted by Crippen LogP contribution is 2.35. The summed E-state index contributed by atoms with van der Waals surface area (Å²) >= 11 is 0. The molecule has 1 heterocycles. The average Bonchev–Trinajstić information content (AvgIpc) is 3.02. The number of rotatable bonds is 7. The molecule has 2 amide bonds. The first kappa shape index (κ1) is 22.4. The Bertz CT molecular complexity index is 1080. The molecule has 1 aromatic carbocycles. The minimum Gasteiger partial charge on any atom is -0.388 e. The van der Waals surface area contributed by atoms with Crippen LogP contribution in [0.1, 0.15) is 67.0 Å². The fourth-order valence-corrected chi connectivity index (χ4v) is 4.07. The Balaban J connectivity index is 2.00. The van der Waals surface area contributed by atoms with Gasteiger partial charge in [0.15, 0.2) is 0 Å². The molecule has 0 bridgehead atoms. The van der Waals surface area contributed by atoms with Gasteiger partial charge in [-0.15, -0.1) is 0 Å². The summed E-state index contributed by atoms with van der Waals surface area (Å²) in [5.41, 5.74) is 9.95. The number of nitrogens with zero attached hydrogens (tertiary/aromatic N) is 3. The number of carbonyl (C=O) groups is 2. The minimum absolute atomic E-state index is 0.0306. The predicted molar refractivity (Wildman–Crippen MR) is 113 cm³/mol. The molecule has 0 aliphatic heterocycles. The summed E-state index contributed by atoms with van der Waals surface area (Å²) in [5, 5.41) is 14.8. The third kappa shape index (κ3) is 5.08. The van der Waals surface area contributed by atoms with Crippen LogP contribution >= 0.6 is 0 Å². The van der Waals surface area contributed by atoms with Crippen molar-refractivity contribution in [3.05, 3.63) is 56.4 Å². The fourth-order valence-electron chi connectivity index (χ4n) is 4.07. The van der Waals surface area contributed by atoms with E-state index in [-0.39, 0.29) is 30.1 Å². The van der Waals surface area contributed by atoms with Crippen LogP contribution in [0.5, 0.6) is 0 Å². The lowest BCUT2D eigenvalue weighted by atomic mass is 9.87. The van der Waals surface area contributed by atoms with Gasteiger partial charge < -0.3 is 16.6 Å². The van der Waals surface area contributed by atoms with Gasteiger partial charge in [0.1, 0.15) is 6.20 Å². The lowest BCUT2D eigenvalue weighted by Crippen LogP contribution is -2.41. The molecular formula is C21H27N5O5. The van der Waals surface area contributed by atoms with Gasteiger partial charge in [-0.2, -0.15) is 9.78 Å². The van der Waals surface area contributed by atoms with Crippen LogP contribution in [0.2, 0.25) is 0 Å². The fraction of sp³-hybridized carbons (Fsp3) is 0.476. The van der Waals surface area contributed by atoms with E-state index < -0.39 is 29.2 Å². The van der Waals surface area contributed by atoms with Crippen molar-refractivity contribution in [3.8, 4) is 5.69 Å². The molecule has 1 aliphatic rings. The summed E-state index contributed by atoms with van der Waals surface area (Å²) in [7, 11) is 0. The van der Waals surface area contributed by atoms with Crippen molar-refractivity contribution in [1.29, 1.82) is 0 Å². The quantitative estimate of drug-likeness (QED) is 0.538. The largest absolute Gasteiger partial charge is 0.388 e. The van der Waals surface area contributed by atoms with Gasteiger partial charge in [-0.05, 0) is 36.5 Å². The Morgan fingerprint density at radius 1 is 1.13 bits per heavy atom. The second kappa shape index (κ2) is 9.69. The van der Waals surface area contributed by atoms with Crippen molar-refractivity contribution in [1.82, 2.24) is 14.3 Å². The zero-order chi connectivity index (χ0) is 22.5. The van der Waals surface area contributed by atoms with Crippen molar-refractivity contribution >= 4 is 11.8 Å². The monoisotopic (exact) mass is 429 g/mol. The molecule has 3 rings (SSSR count). The van der Waals surface area contributed by atoms with E-state index in [2.05, 4.69) is 5.10 Å². The van der Waals surface area contributed by atoms with Gasteiger partial charge in [0.2, 0.25) is 11.8 Å².